The van der Waals surface area contributed by atoms with Gasteiger partial charge in [-0.2, -0.15) is 0 Å². The van der Waals surface area contributed by atoms with Crippen LogP contribution in [0.25, 0.3) is 0 Å². The van der Waals surface area contributed by atoms with Crippen molar-refractivity contribution in [2.45, 2.75) is 58.7 Å². The minimum Gasteiger partial charge on any atom is -0.458 e. The molecule has 0 aromatic heterocycles. The summed E-state index contributed by atoms with van der Waals surface area (Å²) in [5.41, 5.74) is 0. The molecule has 5 atom stereocenters. The monoisotopic (exact) mass is 302 g/mol. The van der Waals surface area contributed by atoms with Gasteiger partial charge in [0, 0.05) is 19.8 Å². The molecule has 0 aromatic carbocycles. The van der Waals surface area contributed by atoms with Gasteiger partial charge in [0.1, 0.15) is 19.0 Å². The molecule has 21 heavy (non-hydrogen) atoms. The smallest absolute Gasteiger partial charge is 0.303 e. The molecule has 0 spiro atoms. The fourth-order valence-electron chi connectivity index (χ4n) is 2.46. The molecular formula is C14H22O7. The summed E-state index contributed by atoms with van der Waals surface area (Å²) in [5, 5.41) is 0. The Hall–Kier alpha value is -1.47. The van der Waals surface area contributed by atoms with Gasteiger partial charge in [-0.05, 0) is 6.42 Å². The fraction of sp³-hybridized carbons (Fsp3) is 0.786. The van der Waals surface area contributed by atoms with E-state index in [4.69, 9.17) is 18.9 Å². The van der Waals surface area contributed by atoms with Crippen LogP contribution in [0.4, 0.5) is 0 Å². The van der Waals surface area contributed by atoms with Crippen molar-refractivity contribution in [2.24, 2.45) is 5.92 Å². The van der Waals surface area contributed by atoms with Crippen LogP contribution in [0.3, 0.4) is 0 Å². The molecule has 0 N–H and O–H groups in total. The van der Waals surface area contributed by atoms with Gasteiger partial charge < -0.3 is 23.7 Å². The van der Waals surface area contributed by atoms with E-state index >= 15 is 0 Å². The van der Waals surface area contributed by atoms with Crippen molar-refractivity contribution >= 4 is 18.2 Å². The van der Waals surface area contributed by atoms with Gasteiger partial charge in [0.2, 0.25) is 0 Å². The molecule has 120 valence electrons. The molecule has 0 bridgehead atoms. The van der Waals surface area contributed by atoms with Crippen LogP contribution in [-0.4, -0.2) is 49.4 Å². The minimum atomic E-state index is -0.940. The first-order chi connectivity index (χ1) is 9.90. The lowest BCUT2D eigenvalue weighted by Gasteiger charge is -2.43. The summed E-state index contributed by atoms with van der Waals surface area (Å²) < 4.78 is 21.5. The summed E-state index contributed by atoms with van der Waals surface area (Å²) in [6.07, 6.45) is -1.49. The molecule has 0 amide bonds. The van der Waals surface area contributed by atoms with E-state index in [1.54, 1.807) is 0 Å². The first-order valence-electron chi connectivity index (χ1n) is 6.95. The fourth-order valence-corrected chi connectivity index (χ4v) is 2.46. The zero-order valence-corrected chi connectivity index (χ0v) is 12.7. The summed E-state index contributed by atoms with van der Waals surface area (Å²) in [5.74, 6) is -1.18. The quantitative estimate of drug-likeness (QED) is 0.530. The third-order valence-corrected chi connectivity index (χ3v) is 3.34. The van der Waals surface area contributed by atoms with Gasteiger partial charge >= 0.3 is 11.9 Å². The maximum absolute atomic E-state index is 11.3. The van der Waals surface area contributed by atoms with Crippen LogP contribution >= 0.6 is 0 Å². The minimum absolute atomic E-state index is 0.167. The number of esters is 2. The molecule has 7 nitrogen and oxygen atoms in total. The highest BCUT2D eigenvalue weighted by Crippen LogP contribution is 2.32. The Labute approximate surface area is 123 Å². The SMILES string of the molecule is CC[C@H]1O[C@H](OCC=O)[C@H](OC(C)=O)[C@@H](OC(C)=O)[C@@H]1C. The average molecular weight is 302 g/mol. The van der Waals surface area contributed by atoms with Gasteiger partial charge in [0.15, 0.2) is 12.4 Å². The van der Waals surface area contributed by atoms with E-state index in [0.717, 1.165) is 0 Å². The van der Waals surface area contributed by atoms with Gasteiger partial charge in [-0.15, -0.1) is 0 Å². The van der Waals surface area contributed by atoms with Crippen molar-refractivity contribution < 1.29 is 33.3 Å². The molecule has 7 heteroatoms. The number of carbonyl (C=O) groups excluding carboxylic acids is 3. The van der Waals surface area contributed by atoms with Crippen molar-refractivity contribution in [1.82, 2.24) is 0 Å². The largest absolute Gasteiger partial charge is 0.458 e. The van der Waals surface area contributed by atoms with Crippen LogP contribution in [0.1, 0.15) is 34.1 Å². The Balaban J connectivity index is 2.99. The average Bonchev–Trinajstić information content (AvgIpc) is 2.41. The molecule has 0 radical (unpaired) electrons. The topological polar surface area (TPSA) is 88.1 Å². The maximum atomic E-state index is 11.3. The Morgan fingerprint density at radius 2 is 1.71 bits per heavy atom. The summed E-state index contributed by atoms with van der Waals surface area (Å²) in [4.78, 5) is 33.1. The van der Waals surface area contributed by atoms with E-state index < -0.39 is 30.4 Å². The lowest BCUT2D eigenvalue weighted by molar-refractivity contribution is -0.287. The number of rotatable bonds is 6. The van der Waals surface area contributed by atoms with Crippen molar-refractivity contribution in [1.29, 1.82) is 0 Å². The number of hydrogen-bond donors (Lipinski definition) is 0. The van der Waals surface area contributed by atoms with Crippen LogP contribution in [0.2, 0.25) is 0 Å². The first-order valence-corrected chi connectivity index (χ1v) is 6.95. The Morgan fingerprint density at radius 1 is 1.14 bits per heavy atom. The Bertz CT molecular complexity index is 382. The highest BCUT2D eigenvalue weighted by atomic mass is 16.7. The maximum Gasteiger partial charge on any atom is 0.303 e. The number of ether oxygens (including phenoxy) is 4. The summed E-state index contributed by atoms with van der Waals surface area (Å²) in [7, 11) is 0. The third kappa shape index (κ3) is 4.78. The standard InChI is InChI=1S/C14H22O7/c1-5-11-8(2)12(19-9(3)16)13(20-10(4)17)14(21-11)18-7-6-15/h6,8,11-14H,5,7H2,1-4H3/t8-,11-,12+,13-,14+/m1/s1. The molecule has 0 aliphatic carbocycles. The van der Waals surface area contributed by atoms with Crippen molar-refractivity contribution in [3.05, 3.63) is 0 Å². The van der Waals surface area contributed by atoms with E-state index in [0.29, 0.717) is 12.7 Å². The second kappa shape index (κ2) is 8.09. The van der Waals surface area contributed by atoms with Crippen LogP contribution in [0.15, 0.2) is 0 Å². The van der Waals surface area contributed by atoms with E-state index in [1.807, 2.05) is 13.8 Å². The molecule has 0 saturated carbocycles. The van der Waals surface area contributed by atoms with E-state index in [9.17, 15) is 14.4 Å². The van der Waals surface area contributed by atoms with Crippen LogP contribution < -0.4 is 0 Å². The van der Waals surface area contributed by atoms with Crippen molar-refractivity contribution in [3.63, 3.8) is 0 Å². The number of carbonyl (C=O) groups is 3. The number of aldehydes is 1. The van der Waals surface area contributed by atoms with Crippen molar-refractivity contribution in [2.75, 3.05) is 6.61 Å². The second-order valence-corrected chi connectivity index (χ2v) is 4.96. The highest BCUT2D eigenvalue weighted by molar-refractivity contribution is 5.67. The highest BCUT2D eigenvalue weighted by Gasteiger charge is 2.47. The van der Waals surface area contributed by atoms with Gasteiger partial charge in [0.05, 0.1) is 6.10 Å². The molecule has 0 unspecified atom stereocenters. The van der Waals surface area contributed by atoms with Gasteiger partial charge in [-0.1, -0.05) is 13.8 Å². The first kappa shape index (κ1) is 17.6. The zero-order valence-electron chi connectivity index (χ0n) is 12.7. The van der Waals surface area contributed by atoms with Gasteiger partial charge in [-0.3, -0.25) is 9.59 Å². The van der Waals surface area contributed by atoms with Crippen molar-refractivity contribution in [3.8, 4) is 0 Å². The predicted octanol–water partition coefficient (Wildman–Crippen LogP) is 0.836. The molecule has 1 aliphatic rings. The molecule has 0 aromatic rings. The molecule has 1 aliphatic heterocycles. The van der Waals surface area contributed by atoms with Crippen LogP contribution in [0, 0.1) is 5.92 Å². The lowest BCUT2D eigenvalue weighted by Crippen LogP contribution is -2.57. The normalized spacial score (nSPS) is 32.3. The summed E-state index contributed by atoms with van der Waals surface area (Å²) >= 11 is 0. The summed E-state index contributed by atoms with van der Waals surface area (Å²) in [6.45, 7) is 6.12. The lowest BCUT2D eigenvalue weighted by atomic mass is 9.89. The predicted molar refractivity (Wildman–Crippen MR) is 71.2 cm³/mol. The molecule has 1 saturated heterocycles. The van der Waals surface area contributed by atoms with Gasteiger partial charge in [-0.25, -0.2) is 0 Å². The van der Waals surface area contributed by atoms with Crippen LogP contribution in [0.5, 0.6) is 0 Å². The Morgan fingerprint density at radius 3 is 2.19 bits per heavy atom. The number of hydrogen-bond acceptors (Lipinski definition) is 7. The molecule has 1 fully saturated rings. The third-order valence-electron chi connectivity index (χ3n) is 3.34. The molecule has 1 heterocycles. The molecular weight excluding hydrogens is 280 g/mol. The van der Waals surface area contributed by atoms with Crippen LogP contribution in [-0.2, 0) is 33.3 Å². The zero-order chi connectivity index (χ0) is 16.0. The van der Waals surface area contributed by atoms with E-state index in [-0.39, 0.29) is 18.6 Å². The Kier molecular flexibility index (Phi) is 6.77. The summed E-state index contributed by atoms with van der Waals surface area (Å²) in [6, 6.07) is 0. The molecule has 1 rings (SSSR count). The van der Waals surface area contributed by atoms with E-state index in [1.165, 1.54) is 13.8 Å². The van der Waals surface area contributed by atoms with E-state index in [2.05, 4.69) is 0 Å². The second-order valence-electron chi connectivity index (χ2n) is 4.96. The van der Waals surface area contributed by atoms with Gasteiger partial charge in [0.25, 0.3) is 0 Å².